The molecule has 5 heteroatoms. The second-order valence-electron chi connectivity index (χ2n) is 4.64. The van der Waals surface area contributed by atoms with Crippen LogP contribution in [-0.4, -0.2) is 29.2 Å². The average molecular weight is 260 g/mol. The summed E-state index contributed by atoms with van der Waals surface area (Å²) in [6.45, 7) is 6.12. The topological polar surface area (TPSA) is 52.0 Å². The fraction of sp³-hybridized carbons (Fsp3) is 0.429. The predicted octanol–water partition coefficient (Wildman–Crippen LogP) is 2.17. The molecule has 0 bridgehead atoms. The molecule has 0 fully saturated rings. The van der Waals surface area contributed by atoms with Gasteiger partial charge in [0.05, 0.1) is 24.5 Å². The SMILES string of the molecule is CNC(C)c1nnn(-c2ccc(OC)c(C)c2)c1C. The van der Waals surface area contributed by atoms with E-state index < -0.39 is 0 Å². The van der Waals surface area contributed by atoms with E-state index in [1.165, 1.54) is 0 Å². The highest BCUT2D eigenvalue weighted by Crippen LogP contribution is 2.23. The van der Waals surface area contributed by atoms with Crippen molar-refractivity contribution in [1.29, 1.82) is 0 Å². The fourth-order valence-corrected chi connectivity index (χ4v) is 2.12. The Hall–Kier alpha value is -1.88. The van der Waals surface area contributed by atoms with Crippen molar-refractivity contribution in [2.24, 2.45) is 0 Å². The van der Waals surface area contributed by atoms with Gasteiger partial charge < -0.3 is 10.1 Å². The summed E-state index contributed by atoms with van der Waals surface area (Å²) >= 11 is 0. The van der Waals surface area contributed by atoms with Crippen molar-refractivity contribution in [3.05, 3.63) is 35.2 Å². The number of nitrogens with one attached hydrogen (secondary N) is 1. The smallest absolute Gasteiger partial charge is 0.121 e. The van der Waals surface area contributed by atoms with Crippen LogP contribution in [0.4, 0.5) is 0 Å². The van der Waals surface area contributed by atoms with Crippen LogP contribution in [0.3, 0.4) is 0 Å². The van der Waals surface area contributed by atoms with Gasteiger partial charge in [-0.05, 0) is 51.6 Å². The normalized spacial score (nSPS) is 12.5. The molecule has 2 aromatic rings. The summed E-state index contributed by atoms with van der Waals surface area (Å²) in [6.07, 6.45) is 0. The third kappa shape index (κ3) is 2.46. The van der Waals surface area contributed by atoms with E-state index in [0.717, 1.165) is 28.4 Å². The summed E-state index contributed by atoms with van der Waals surface area (Å²) in [7, 11) is 3.59. The second kappa shape index (κ2) is 5.40. The van der Waals surface area contributed by atoms with E-state index >= 15 is 0 Å². The van der Waals surface area contributed by atoms with E-state index in [1.807, 2.05) is 43.8 Å². The lowest BCUT2D eigenvalue weighted by Gasteiger charge is -2.10. The van der Waals surface area contributed by atoms with Gasteiger partial charge in [0.25, 0.3) is 0 Å². The number of nitrogens with zero attached hydrogens (tertiary/aromatic N) is 3. The van der Waals surface area contributed by atoms with E-state index in [2.05, 4.69) is 22.6 Å². The molecule has 0 amide bonds. The van der Waals surface area contributed by atoms with Crippen molar-refractivity contribution in [2.75, 3.05) is 14.2 Å². The molecule has 0 aliphatic rings. The second-order valence-corrected chi connectivity index (χ2v) is 4.64. The van der Waals surface area contributed by atoms with E-state index in [-0.39, 0.29) is 6.04 Å². The van der Waals surface area contributed by atoms with Gasteiger partial charge in [0.2, 0.25) is 0 Å². The molecule has 1 atom stereocenters. The maximum atomic E-state index is 5.27. The van der Waals surface area contributed by atoms with Crippen LogP contribution in [-0.2, 0) is 0 Å². The Labute approximate surface area is 113 Å². The third-order valence-corrected chi connectivity index (χ3v) is 3.40. The first-order valence-electron chi connectivity index (χ1n) is 6.33. The van der Waals surface area contributed by atoms with Gasteiger partial charge in [-0.3, -0.25) is 0 Å². The van der Waals surface area contributed by atoms with Gasteiger partial charge >= 0.3 is 0 Å². The van der Waals surface area contributed by atoms with Crippen LogP contribution in [0.15, 0.2) is 18.2 Å². The highest BCUT2D eigenvalue weighted by Gasteiger charge is 2.15. The molecule has 1 N–H and O–H groups in total. The van der Waals surface area contributed by atoms with Gasteiger partial charge in [-0.15, -0.1) is 5.10 Å². The highest BCUT2D eigenvalue weighted by molar-refractivity contribution is 5.44. The number of benzene rings is 1. The monoisotopic (exact) mass is 260 g/mol. The molecule has 2 rings (SSSR count). The molecular weight excluding hydrogens is 240 g/mol. The van der Waals surface area contributed by atoms with Crippen molar-refractivity contribution < 1.29 is 4.74 Å². The van der Waals surface area contributed by atoms with Gasteiger partial charge in [-0.2, -0.15) is 0 Å². The van der Waals surface area contributed by atoms with Crippen LogP contribution in [0.1, 0.15) is 29.9 Å². The van der Waals surface area contributed by atoms with Crippen molar-refractivity contribution in [3.8, 4) is 11.4 Å². The maximum absolute atomic E-state index is 5.27. The molecule has 1 unspecified atom stereocenters. The molecule has 1 aromatic heterocycles. The van der Waals surface area contributed by atoms with Gasteiger partial charge in [0.15, 0.2) is 0 Å². The number of aryl methyl sites for hydroxylation is 1. The molecule has 0 aliphatic carbocycles. The zero-order valence-electron chi connectivity index (χ0n) is 12.1. The molecule has 102 valence electrons. The fourth-order valence-electron chi connectivity index (χ4n) is 2.12. The van der Waals surface area contributed by atoms with Crippen molar-refractivity contribution >= 4 is 0 Å². The van der Waals surface area contributed by atoms with E-state index in [1.54, 1.807) is 7.11 Å². The van der Waals surface area contributed by atoms with Crippen molar-refractivity contribution in [2.45, 2.75) is 26.8 Å². The van der Waals surface area contributed by atoms with Gasteiger partial charge in [-0.1, -0.05) is 5.21 Å². The van der Waals surface area contributed by atoms with Gasteiger partial charge in [-0.25, -0.2) is 4.68 Å². The van der Waals surface area contributed by atoms with E-state index in [4.69, 9.17) is 4.74 Å². The Morgan fingerprint density at radius 3 is 2.63 bits per heavy atom. The Kier molecular flexibility index (Phi) is 3.85. The standard InChI is InChI=1S/C14H20N4O/c1-9-8-12(6-7-13(9)19-5)18-11(3)14(16-17-18)10(2)15-4/h6-8,10,15H,1-5H3. The van der Waals surface area contributed by atoms with Crippen LogP contribution in [0.5, 0.6) is 5.75 Å². The first kappa shape index (κ1) is 13.5. The van der Waals surface area contributed by atoms with E-state index in [0.29, 0.717) is 0 Å². The van der Waals surface area contributed by atoms with Crippen molar-refractivity contribution in [1.82, 2.24) is 20.3 Å². The molecule has 0 spiro atoms. The third-order valence-electron chi connectivity index (χ3n) is 3.40. The minimum Gasteiger partial charge on any atom is -0.496 e. The number of hydrogen-bond donors (Lipinski definition) is 1. The molecule has 1 heterocycles. The van der Waals surface area contributed by atoms with Crippen LogP contribution in [0, 0.1) is 13.8 Å². The number of aromatic nitrogens is 3. The largest absolute Gasteiger partial charge is 0.496 e. The summed E-state index contributed by atoms with van der Waals surface area (Å²) in [4.78, 5) is 0. The number of methoxy groups -OCH3 is 1. The lowest BCUT2D eigenvalue weighted by atomic mass is 10.1. The first-order valence-corrected chi connectivity index (χ1v) is 6.33. The molecule has 19 heavy (non-hydrogen) atoms. The Morgan fingerprint density at radius 1 is 1.32 bits per heavy atom. The molecule has 0 radical (unpaired) electrons. The number of hydrogen-bond acceptors (Lipinski definition) is 4. The predicted molar refractivity (Wildman–Crippen MR) is 74.9 cm³/mol. The zero-order valence-corrected chi connectivity index (χ0v) is 12.1. The lowest BCUT2D eigenvalue weighted by molar-refractivity contribution is 0.411. The molecule has 0 saturated carbocycles. The number of ether oxygens (including phenoxy) is 1. The number of rotatable bonds is 4. The Morgan fingerprint density at radius 2 is 2.05 bits per heavy atom. The van der Waals surface area contributed by atoms with Gasteiger partial charge in [0, 0.05) is 0 Å². The summed E-state index contributed by atoms with van der Waals surface area (Å²) in [5, 5.41) is 11.7. The Balaban J connectivity index is 2.42. The van der Waals surface area contributed by atoms with Crippen LogP contribution >= 0.6 is 0 Å². The zero-order chi connectivity index (χ0) is 14.0. The first-order chi connectivity index (χ1) is 9.08. The molecule has 5 nitrogen and oxygen atoms in total. The van der Waals surface area contributed by atoms with E-state index in [9.17, 15) is 0 Å². The van der Waals surface area contributed by atoms with Crippen LogP contribution in [0.25, 0.3) is 5.69 Å². The van der Waals surface area contributed by atoms with Gasteiger partial charge in [0.1, 0.15) is 11.4 Å². The summed E-state index contributed by atoms with van der Waals surface area (Å²) in [5.41, 5.74) is 4.10. The summed E-state index contributed by atoms with van der Waals surface area (Å²) in [5.74, 6) is 0.880. The lowest BCUT2D eigenvalue weighted by Crippen LogP contribution is -2.14. The minimum absolute atomic E-state index is 0.188. The van der Waals surface area contributed by atoms with Crippen LogP contribution in [0.2, 0.25) is 0 Å². The van der Waals surface area contributed by atoms with Crippen LogP contribution < -0.4 is 10.1 Å². The minimum atomic E-state index is 0.188. The Bertz CT molecular complexity index is 577. The summed E-state index contributed by atoms with van der Waals surface area (Å²) in [6, 6.07) is 6.18. The maximum Gasteiger partial charge on any atom is 0.121 e. The molecule has 1 aromatic carbocycles. The summed E-state index contributed by atoms with van der Waals surface area (Å²) < 4.78 is 7.13. The molecule has 0 saturated heterocycles. The molecular formula is C14H20N4O. The van der Waals surface area contributed by atoms with Crippen molar-refractivity contribution in [3.63, 3.8) is 0 Å². The average Bonchev–Trinajstić information content (AvgIpc) is 2.79. The molecule has 0 aliphatic heterocycles. The highest BCUT2D eigenvalue weighted by atomic mass is 16.5. The quantitative estimate of drug-likeness (QED) is 0.915.